The highest BCUT2D eigenvalue weighted by atomic mass is 127. The summed E-state index contributed by atoms with van der Waals surface area (Å²) >= 11 is 2.12. The van der Waals surface area contributed by atoms with Crippen LogP contribution in [0, 0.1) is 9.39 Å². The van der Waals surface area contributed by atoms with Crippen molar-refractivity contribution in [1.82, 2.24) is 0 Å². The van der Waals surface area contributed by atoms with Gasteiger partial charge < -0.3 is 10.1 Å². The fourth-order valence-corrected chi connectivity index (χ4v) is 2.57. The van der Waals surface area contributed by atoms with Crippen molar-refractivity contribution in [3.05, 3.63) is 57.4 Å². The van der Waals surface area contributed by atoms with E-state index in [-0.39, 0.29) is 11.9 Å². The summed E-state index contributed by atoms with van der Waals surface area (Å²) in [6.07, 6.45) is 0. The van der Waals surface area contributed by atoms with Crippen LogP contribution in [0.4, 0.5) is 10.1 Å². The molecule has 0 aliphatic rings. The summed E-state index contributed by atoms with van der Waals surface area (Å²) in [6.45, 7) is 2.05. The van der Waals surface area contributed by atoms with E-state index in [0.29, 0.717) is 0 Å². The van der Waals surface area contributed by atoms with Crippen LogP contribution < -0.4 is 10.1 Å². The monoisotopic (exact) mass is 371 g/mol. The molecule has 0 amide bonds. The Hall–Kier alpha value is -1.30. The summed E-state index contributed by atoms with van der Waals surface area (Å²) in [5, 5.41) is 3.37. The van der Waals surface area contributed by atoms with Crippen molar-refractivity contribution >= 4 is 28.3 Å². The van der Waals surface area contributed by atoms with E-state index in [1.807, 2.05) is 24.3 Å². The zero-order valence-corrected chi connectivity index (χ0v) is 12.9. The van der Waals surface area contributed by atoms with Crippen molar-refractivity contribution in [3.63, 3.8) is 0 Å². The van der Waals surface area contributed by atoms with E-state index in [9.17, 15) is 4.39 Å². The minimum atomic E-state index is -0.222. The predicted molar refractivity (Wildman–Crippen MR) is 84.1 cm³/mol. The topological polar surface area (TPSA) is 21.3 Å². The molecule has 1 unspecified atom stereocenters. The van der Waals surface area contributed by atoms with E-state index in [2.05, 4.69) is 34.8 Å². The van der Waals surface area contributed by atoms with Gasteiger partial charge in [0.1, 0.15) is 11.6 Å². The average molecular weight is 371 g/mol. The van der Waals surface area contributed by atoms with Gasteiger partial charge in [-0.3, -0.25) is 0 Å². The van der Waals surface area contributed by atoms with E-state index in [1.165, 1.54) is 12.1 Å². The molecule has 0 aromatic heterocycles. The van der Waals surface area contributed by atoms with E-state index in [4.69, 9.17) is 4.74 Å². The Balaban J connectivity index is 2.23. The second-order valence-electron chi connectivity index (χ2n) is 4.23. The number of rotatable bonds is 4. The molecule has 0 heterocycles. The highest BCUT2D eigenvalue weighted by molar-refractivity contribution is 14.1. The third-order valence-electron chi connectivity index (χ3n) is 2.91. The van der Waals surface area contributed by atoms with Crippen molar-refractivity contribution < 1.29 is 9.13 Å². The van der Waals surface area contributed by atoms with Gasteiger partial charge in [0.05, 0.1) is 13.2 Å². The molecule has 2 aromatic rings. The van der Waals surface area contributed by atoms with E-state index >= 15 is 0 Å². The molecule has 1 atom stereocenters. The molecule has 0 bridgehead atoms. The normalized spacial score (nSPS) is 12.0. The van der Waals surface area contributed by atoms with Crippen LogP contribution in [-0.4, -0.2) is 7.11 Å². The molecule has 1 N–H and O–H groups in total. The number of ether oxygens (including phenoxy) is 1. The molecule has 0 fully saturated rings. The summed E-state index contributed by atoms with van der Waals surface area (Å²) in [5.74, 6) is 0.625. The number of halogens is 2. The molecule has 2 aromatic carbocycles. The van der Waals surface area contributed by atoms with Crippen molar-refractivity contribution in [2.24, 2.45) is 0 Å². The SMILES string of the molecule is COc1ccccc1C(C)Nc1ccc(F)cc1I. The summed E-state index contributed by atoms with van der Waals surface area (Å²) in [7, 11) is 1.66. The Labute approximate surface area is 126 Å². The Morgan fingerprint density at radius 1 is 1.21 bits per heavy atom. The van der Waals surface area contributed by atoms with Gasteiger partial charge in [0.15, 0.2) is 0 Å². The van der Waals surface area contributed by atoms with Crippen LogP contribution in [0.1, 0.15) is 18.5 Å². The first-order valence-corrected chi connectivity index (χ1v) is 7.04. The first-order valence-electron chi connectivity index (χ1n) is 5.96. The lowest BCUT2D eigenvalue weighted by atomic mass is 10.1. The zero-order valence-electron chi connectivity index (χ0n) is 10.8. The standard InChI is InChI=1S/C15H15FINO/c1-10(12-5-3-4-6-15(12)19-2)18-14-8-7-11(16)9-13(14)17/h3-10,18H,1-2H3. The van der Waals surface area contributed by atoms with E-state index < -0.39 is 0 Å². The van der Waals surface area contributed by atoms with Crippen LogP contribution in [0.3, 0.4) is 0 Å². The first kappa shape index (κ1) is 14.1. The van der Waals surface area contributed by atoms with Crippen molar-refractivity contribution in [3.8, 4) is 5.75 Å². The van der Waals surface area contributed by atoms with Crippen LogP contribution >= 0.6 is 22.6 Å². The summed E-state index contributed by atoms with van der Waals surface area (Å²) in [4.78, 5) is 0. The fraction of sp³-hybridized carbons (Fsp3) is 0.200. The molecule has 0 aliphatic carbocycles. The zero-order chi connectivity index (χ0) is 13.8. The number of benzene rings is 2. The molecule has 2 nitrogen and oxygen atoms in total. The minimum absolute atomic E-state index is 0.0788. The van der Waals surface area contributed by atoms with Gasteiger partial charge >= 0.3 is 0 Å². The van der Waals surface area contributed by atoms with Gasteiger partial charge in [0.2, 0.25) is 0 Å². The third kappa shape index (κ3) is 3.37. The van der Waals surface area contributed by atoms with Crippen LogP contribution in [0.5, 0.6) is 5.75 Å². The minimum Gasteiger partial charge on any atom is -0.496 e. The fourth-order valence-electron chi connectivity index (χ4n) is 1.94. The molecular formula is C15H15FINO. The predicted octanol–water partition coefficient (Wildman–Crippen LogP) is 4.61. The maximum atomic E-state index is 13.1. The van der Waals surface area contributed by atoms with Crippen molar-refractivity contribution in [2.45, 2.75) is 13.0 Å². The Morgan fingerprint density at radius 2 is 1.95 bits per heavy atom. The van der Waals surface area contributed by atoms with Gasteiger partial charge in [-0.05, 0) is 53.8 Å². The van der Waals surface area contributed by atoms with Gasteiger partial charge in [-0.25, -0.2) is 4.39 Å². The number of anilines is 1. The number of nitrogens with one attached hydrogen (secondary N) is 1. The first-order chi connectivity index (χ1) is 9.11. The average Bonchev–Trinajstić information content (AvgIpc) is 2.41. The van der Waals surface area contributed by atoms with Crippen LogP contribution in [0.15, 0.2) is 42.5 Å². The number of methoxy groups -OCH3 is 1. The molecule has 4 heteroatoms. The van der Waals surface area contributed by atoms with Gasteiger partial charge in [-0.2, -0.15) is 0 Å². The number of hydrogen-bond donors (Lipinski definition) is 1. The lowest BCUT2D eigenvalue weighted by Crippen LogP contribution is -2.09. The molecule has 19 heavy (non-hydrogen) atoms. The third-order valence-corrected chi connectivity index (χ3v) is 3.80. The molecule has 0 saturated carbocycles. The Kier molecular flexibility index (Phi) is 4.63. The largest absolute Gasteiger partial charge is 0.496 e. The van der Waals surface area contributed by atoms with E-state index in [0.717, 1.165) is 20.6 Å². The molecule has 0 spiro atoms. The van der Waals surface area contributed by atoms with Crippen molar-refractivity contribution in [2.75, 3.05) is 12.4 Å². The molecule has 0 saturated heterocycles. The van der Waals surface area contributed by atoms with Crippen LogP contribution in [0.2, 0.25) is 0 Å². The number of hydrogen-bond acceptors (Lipinski definition) is 2. The summed E-state index contributed by atoms with van der Waals surface area (Å²) in [5.41, 5.74) is 1.99. The molecule has 0 aliphatic heterocycles. The second-order valence-corrected chi connectivity index (χ2v) is 5.39. The van der Waals surface area contributed by atoms with Crippen LogP contribution in [-0.2, 0) is 0 Å². The lowest BCUT2D eigenvalue weighted by molar-refractivity contribution is 0.408. The van der Waals surface area contributed by atoms with Gasteiger partial charge in [0, 0.05) is 14.8 Å². The van der Waals surface area contributed by atoms with Gasteiger partial charge in [0.25, 0.3) is 0 Å². The van der Waals surface area contributed by atoms with Gasteiger partial charge in [-0.1, -0.05) is 18.2 Å². The van der Waals surface area contributed by atoms with Gasteiger partial charge in [-0.15, -0.1) is 0 Å². The molecular weight excluding hydrogens is 356 g/mol. The highest BCUT2D eigenvalue weighted by Gasteiger charge is 2.12. The smallest absolute Gasteiger partial charge is 0.124 e. The molecule has 0 radical (unpaired) electrons. The van der Waals surface area contributed by atoms with Crippen LogP contribution in [0.25, 0.3) is 0 Å². The Morgan fingerprint density at radius 3 is 2.63 bits per heavy atom. The highest BCUT2D eigenvalue weighted by Crippen LogP contribution is 2.29. The summed E-state index contributed by atoms with van der Waals surface area (Å²) in [6, 6.07) is 12.7. The van der Waals surface area contributed by atoms with Crippen molar-refractivity contribution in [1.29, 1.82) is 0 Å². The van der Waals surface area contributed by atoms with E-state index in [1.54, 1.807) is 13.2 Å². The maximum Gasteiger partial charge on any atom is 0.124 e. The number of para-hydroxylation sites is 1. The second kappa shape index (κ2) is 6.23. The Bertz CT molecular complexity index is 574. The summed E-state index contributed by atoms with van der Waals surface area (Å²) < 4.78 is 19.3. The molecule has 2 rings (SSSR count). The quantitative estimate of drug-likeness (QED) is 0.793. The maximum absolute atomic E-state index is 13.1. The lowest BCUT2D eigenvalue weighted by Gasteiger charge is -2.19. The molecule has 100 valence electrons.